The predicted molar refractivity (Wildman–Crippen MR) is 103 cm³/mol. The van der Waals surface area contributed by atoms with Crippen LogP contribution in [0.1, 0.15) is 38.4 Å². The van der Waals surface area contributed by atoms with E-state index in [1.807, 2.05) is 6.92 Å². The van der Waals surface area contributed by atoms with Gasteiger partial charge in [-0.2, -0.15) is 13.2 Å². The van der Waals surface area contributed by atoms with Gasteiger partial charge in [0.1, 0.15) is 5.01 Å². The molecule has 1 rings (SSSR count). The Balaban J connectivity index is 0.00000529. The van der Waals surface area contributed by atoms with Crippen LogP contribution in [0.5, 0.6) is 0 Å². The Bertz CT molecular complexity index is 511. The highest BCUT2D eigenvalue weighted by molar-refractivity contribution is 14.0. The monoisotopic (exact) mass is 479 g/mol. The van der Waals surface area contributed by atoms with Gasteiger partial charge in [0.05, 0.1) is 6.54 Å². The highest BCUT2D eigenvalue weighted by atomic mass is 127. The van der Waals surface area contributed by atoms with Crippen LogP contribution in [0.4, 0.5) is 13.2 Å². The number of halogens is 4. The maximum absolute atomic E-state index is 12.5. The summed E-state index contributed by atoms with van der Waals surface area (Å²) in [6, 6.07) is 0. The van der Waals surface area contributed by atoms with Crippen molar-refractivity contribution in [2.75, 3.05) is 19.6 Å². The fourth-order valence-corrected chi connectivity index (χ4v) is 2.34. The normalized spacial score (nSPS) is 12.7. The molecule has 1 aromatic rings. The Hall–Kier alpha value is -0.620. The van der Waals surface area contributed by atoms with Gasteiger partial charge in [-0.15, -0.1) is 35.3 Å². The number of nitrogens with one attached hydrogen (secondary N) is 3. The van der Waals surface area contributed by atoms with E-state index >= 15 is 0 Å². The molecule has 1 aromatic heterocycles. The first-order valence-electron chi connectivity index (χ1n) is 7.40. The average molecular weight is 479 g/mol. The van der Waals surface area contributed by atoms with Gasteiger partial charge < -0.3 is 16.0 Å². The van der Waals surface area contributed by atoms with Crippen LogP contribution < -0.4 is 16.0 Å². The van der Waals surface area contributed by atoms with Gasteiger partial charge in [0.2, 0.25) is 0 Å². The van der Waals surface area contributed by atoms with Crippen LogP contribution in [-0.4, -0.2) is 36.1 Å². The van der Waals surface area contributed by atoms with Gasteiger partial charge in [-0.05, 0) is 27.7 Å². The topological polar surface area (TPSA) is 61.3 Å². The lowest BCUT2D eigenvalue weighted by molar-refractivity contribution is -0.140. The molecule has 0 radical (unpaired) electrons. The number of aliphatic imine (C=N–C) groups is 1. The molecule has 0 atom stereocenters. The lowest BCUT2D eigenvalue weighted by Crippen LogP contribution is -2.44. The number of aromatic nitrogens is 1. The van der Waals surface area contributed by atoms with Crippen molar-refractivity contribution in [3.05, 3.63) is 16.1 Å². The molecule has 1 heterocycles. The Morgan fingerprint density at radius 1 is 1.21 bits per heavy atom. The Morgan fingerprint density at radius 2 is 1.88 bits per heavy atom. The van der Waals surface area contributed by atoms with Gasteiger partial charge >= 0.3 is 6.18 Å². The first kappa shape index (κ1) is 23.4. The van der Waals surface area contributed by atoms with Crippen LogP contribution in [-0.2, 0) is 12.7 Å². The maximum atomic E-state index is 12.5. The fraction of sp³-hybridized carbons (Fsp3) is 0.714. The van der Waals surface area contributed by atoms with Gasteiger partial charge in [0.25, 0.3) is 0 Å². The van der Waals surface area contributed by atoms with Gasteiger partial charge in [0.15, 0.2) is 11.7 Å². The van der Waals surface area contributed by atoms with Crippen molar-refractivity contribution >= 4 is 41.3 Å². The van der Waals surface area contributed by atoms with Crippen molar-refractivity contribution < 1.29 is 13.2 Å². The molecule has 0 spiro atoms. The largest absolute Gasteiger partial charge is 0.434 e. The summed E-state index contributed by atoms with van der Waals surface area (Å²) in [5, 5.41) is 10.9. The van der Waals surface area contributed by atoms with Crippen LogP contribution in [0.2, 0.25) is 0 Å². The van der Waals surface area contributed by atoms with E-state index < -0.39 is 11.9 Å². The molecule has 0 aromatic carbocycles. The highest BCUT2D eigenvalue weighted by Crippen LogP contribution is 2.30. The van der Waals surface area contributed by atoms with Gasteiger partial charge in [-0.25, -0.2) is 9.98 Å². The molecule has 0 fully saturated rings. The van der Waals surface area contributed by atoms with Crippen LogP contribution in [0.3, 0.4) is 0 Å². The minimum atomic E-state index is -4.40. The molecule has 0 aliphatic rings. The van der Waals surface area contributed by atoms with E-state index in [0.717, 1.165) is 23.3 Å². The molecule has 10 heteroatoms. The number of hydrogen-bond acceptors (Lipinski definition) is 4. The molecule has 0 aliphatic carbocycles. The minimum Gasteiger partial charge on any atom is -0.357 e. The SMILES string of the molecule is CCNC(=NCc1nc(C(F)(F)F)cs1)NCCNC(C)(C)C.I. The molecule has 0 aliphatic heterocycles. The van der Waals surface area contributed by atoms with Crippen molar-refractivity contribution in [2.24, 2.45) is 4.99 Å². The fourth-order valence-electron chi connectivity index (χ4n) is 1.62. The second-order valence-electron chi connectivity index (χ2n) is 5.92. The molecule has 0 unspecified atom stereocenters. The smallest absolute Gasteiger partial charge is 0.357 e. The third-order valence-electron chi connectivity index (χ3n) is 2.63. The average Bonchev–Trinajstić information content (AvgIpc) is 2.88. The van der Waals surface area contributed by atoms with E-state index in [1.54, 1.807) is 0 Å². The molecule has 3 N–H and O–H groups in total. The summed E-state index contributed by atoms with van der Waals surface area (Å²) in [6.45, 7) is 10.4. The Labute approximate surface area is 161 Å². The van der Waals surface area contributed by atoms with Gasteiger partial charge in [-0.3, -0.25) is 0 Å². The molecule has 0 amide bonds. The highest BCUT2D eigenvalue weighted by Gasteiger charge is 2.33. The van der Waals surface area contributed by atoms with E-state index in [4.69, 9.17) is 0 Å². The number of nitrogens with zero attached hydrogens (tertiary/aromatic N) is 2. The summed E-state index contributed by atoms with van der Waals surface area (Å²) in [6.07, 6.45) is -4.40. The number of hydrogen-bond donors (Lipinski definition) is 3. The lowest BCUT2D eigenvalue weighted by atomic mass is 10.1. The summed E-state index contributed by atoms with van der Waals surface area (Å²) in [5.74, 6) is 0.562. The zero-order valence-corrected chi connectivity index (χ0v) is 17.4. The molecule has 5 nitrogen and oxygen atoms in total. The standard InChI is InChI=1S/C14H24F3N5S.HI/c1-5-18-12(19-6-7-21-13(2,3)4)20-8-11-22-10(9-23-11)14(15,16)17;/h9,21H,5-8H2,1-4H3,(H2,18,19,20);1H. The summed E-state index contributed by atoms with van der Waals surface area (Å²) >= 11 is 0.962. The molecule has 24 heavy (non-hydrogen) atoms. The first-order chi connectivity index (χ1) is 10.6. The van der Waals surface area contributed by atoms with E-state index in [0.29, 0.717) is 24.1 Å². The van der Waals surface area contributed by atoms with E-state index in [9.17, 15) is 13.2 Å². The molecular formula is C14H25F3IN5S. The minimum absolute atomic E-state index is 0. The Kier molecular flexibility index (Phi) is 10.1. The summed E-state index contributed by atoms with van der Waals surface area (Å²) in [7, 11) is 0. The second kappa shape index (κ2) is 10.4. The molecule has 0 bridgehead atoms. The van der Waals surface area contributed by atoms with Crippen molar-refractivity contribution in [3.8, 4) is 0 Å². The maximum Gasteiger partial charge on any atom is 0.434 e. The van der Waals surface area contributed by atoms with Crippen molar-refractivity contribution in [1.82, 2.24) is 20.9 Å². The molecule has 0 saturated heterocycles. The van der Waals surface area contributed by atoms with Crippen molar-refractivity contribution in [1.29, 1.82) is 0 Å². The van der Waals surface area contributed by atoms with Crippen LogP contribution >= 0.6 is 35.3 Å². The van der Waals surface area contributed by atoms with Crippen LogP contribution in [0.15, 0.2) is 10.4 Å². The number of thiazole rings is 1. The molecule has 0 saturated carbocycles. The van der Waals surface area contributed by atoms with E-state index in [2.05, 4.69) is 46.7 Å². The quantitative estimate of drug-likeness (QED) is 0.254. The molecular weight excluding hydrogens is 454 g/mol. The summed E-state index contributed by atoms with van der Waals surface area (Å²) in [5.41, 5.74) is -0.827. The van der Waals surface area contributed by atoms with Crippen LogP contribution in [0.25, 0.3) is 0 Å². The zero-order chi connectivity index (χ0) is 17.5. The molecule has 140 valence electrons. The summed E-state index contributed by atoms with van der Waals surface area (Å²) < 4.78 is 37.5. The Morgan fingerprint density at radius 3 is 2.38 bits per heavy atom. The van der Waals surface area contributed by atoms with E-state index in [1.165, 1.54) is 0 Å². The van der Waals surface area contributed by atoms with Crippen LogP contribution in [0, 0.1) is 0 Å². The lowest BCUT2D eigenvalue weighted by Gasteiger charge is -2.21. The third-order valence-corrected chi connectivity index (χ3v) is 3.47. The van der Waals surface area contributed by atoms with Crippen molar-refractivity contribution in [3.63, 3.8) is 0 Å². The summed E-state index contributed by atoms with van der Waals surface area (Å²) in [4.78, 5) is 7.82. The van der Waals surface area contributed by atoms with Gasteiger partial charge in [0, 0.05) is 30.6 Å². The predicted octanol–water partition coefficient (Wildman–Crippen LogP) is 3.22. The number of guanidine groups is 1. The van der Waals surface area contributed by atoms with E-state index in [-0.39, 0.29) is 36.1 Å². The number of rotatable bonds is 6. The second-order valence-corrected chi connectivity index (χ2v) is 6.87. The van der Waals surface area contributed by atoms with Gasteiger partial charge in [-0.1, -0.05) is 0 Å². The zero-order valence-electron chi connectivity index (χ0n) is 14.3. The van der Waals surface area contributed by atoms with Crippen molar-refractivity contribution in [2.45, 2.75) is 46.0 Å². The number of alkyl halides is 3. The third kappa shape index (κ3) is 9.62. The first-order valence-corrected chi connectivity index (χ1v) is 8.28.